The van der Waals surface area contributed by atoms with E-state index in [-0.39, 0.29) is 6.61 Å². The zero-order valence-electron chi connectivity index (χ0n) is 9.01. The van der Waals surface area contributed by atoms with Crippen molar-refractivity contribution in [3.8, 4) is 0 Å². The Labute approximate surface area is 108 Å². The number of aliphatic hydroxyl groups excluding tert-OH is 2. The van der Waals surface area contributed by atoms with Gasteiger partial charge >= 0.3 is 0 Å². The first-order chi connectivity index (χ1) is 8.20. The Hall–Kier alpha value is -0.810. The highest BCUT2D eigenvalue weighted by molar-refractivity contribution is 7.99. The fourth-order valence-corrected chi connectivity index (χ4v) is 2.59. The second-order valence-electron chi connectivity index (χ2n) is 3.62. The van der Waals surface area contributed by atoms with Crippen LogP contribution in [0.2, 0.25) is 5.02 Å². The van der Waals surface area contributed by atoms with Crippen molar-refractivity contribution < 1.29 is 10.2 Å². The molecule has 1 aromatic heterocycles. The van der Waals surface area contributed by atoms with Crippen LogP contribution in [-0.2, 0) is 0 Å². The largest absolute Gasteiger partial charge is 0.394 e. The lowest BCUT2D eigenvalue weighted by molar-refractivity contribution is 0.113. The average molecular weight is 270 g/mol. The molecule has 0 saturated heterocycles. The van der Waals surface area contributed by atoms with Crippen LogP contribution in [-0.4, -0.2) is 33.7 Å². The van der Waals surface area contributed by atoms with Gasteiger partial charge in [0.15, 0.2) is 0 Å². The molecule has 90 valence electrons. The SMILES string of the molecule is OCC(O)CSc1ccnc2cc(Cl)ccc12. The molecule has 5 heteroatoms. The Morgan fingerprint density at radius 3 is 2.94 bits per heavy atom. The van der Waals surface area contributed by atoms with Crippen molar-refractivity contribution in [1.29, 1.82) is 0 Å². The van der Waals surface area contributed by atoms with Gasteiger partial charge in [-0.1, -0.05) is 17.7 Å². The van der Waals surface area contributed by atoms with E-state index in [0.717, 1.165) is 15.8 Å². The van der Waals surface area contributed by atoms with Crippen LogP contribution in [0.4, 0.5) is 0 Å². The van der Waals surface area contributed by atoms with Crippen LogP contribution in [0.1, 0.15) is 0 Å². The van der Waals surface area contributed by atoms with Crippen molar-refractivity contribution in [2.45, 2.75) is 11.0 Å². The molecule has 0 fully saturated rings. The minimum Gasteiger partial charge on any atom is -0.394 e. The van der Waals surface area contributed by atoms with Crippen molar-refractivity contribution in [2.24, 2.45) is 0 Å². The molecule has 1 atom stereocenters. The van der Waals surface area contributed by atoms with Crippen molar-refractivity contribution in [3.63, 3.8) is 0 Å². The molecule has 3 nitrogen and oxygen atoms in total. The summed E-state index contributed by atoms with van der Waals surface area (Å²) in [6.45, 7) is -0.220. The molecule has 0 aliphatic rings. The van der Waals surface area contributed by atoms with Crippen LogP contribution >= 0.6 is 23.4 Å². The number of pyridine rings is 1. The maximum atomic E-state index is 9.33. The maximum Gasteiger partial charge on any atom is 0.0864 e. The minimum absolute atomic E-state index is 0.220. The molecule has 1 unspecified atom stereocenters. The van der Waals surface area contributed by atoms with Gasteiger partial charge in [0, 0.05) is 27.3 Å². The average Bonchev–Trinajstić information content (AvgIpc) is 2.35. The number of nitrogens with zero attached hydrogens (tertiary/aromatic N) is 1. The first-order valence-electron chi connectivity index (χ1n) is 5.16. The van der Waals surface area contributed by atoms with Gasteiger partial charge in [-0.3, -0.25) is 4.98 Å². The smallest absolute Gasteiger partial charge is 0.0864 e. The van der Waals surface area contributed by atoms with Crippen LogP contribution in [0.5, 0.6) is 0 Å². The predicted octanol–water partition coefficient (Wildman–Crippen LogP) is 2.33. The lowest BCUT2D eigenvalue weighted by Crippen LogP contribution is -2.14. The molecule has 0 spiro atoms. The summed E-state index contributed by atoms with van der Waals surface area (Å²) >= 11 is 7.40. The lowest BCUT2D eigenvalue weighted by atomic mass is 10.2. The Kier molecular flexibility index (Phi) is 4.23. The van der Waals surface area contributed by atoms with Gasteiger partial charge in [0.2, 0.25) is 0 Å². The van der Waals surface area contributed by atoms with Crippen molar-refractivity contribution in [3.05, 3.63) is 35.5 Å². The summed E-state index contributed by atoms with van der Waals surface area (Å²) in [6, 6.07) is 7.44. The molecule has 2 rings (SSSR count). The summed E-state index contributed by atoms with van der Waals surface area (Å²) in [5.74, 6) is 0.457. The molecule has 0 radical (unpaired) electrons. The topological polar surface area (TPSA) is 53.4 Å². The van der Waals surface area contributed by atoms with E-state index >= 15 is 0 Å². The van der Waals surface area contributed by atoms with E-state index in [1.165, 1.54) is 11.8 Å². The van der Waals surface area contributed by atoms with Gasteiger partial charge in [-0.2, -0.15) is 0 Å². The first kappa shape index (κ1) is 12.6. The van der Waals surface area contributed by atoms with E-state index in [4.69, 9.17) is 16.7 Å². The first-order valence-corrected chi connectivity index (χ1v) is 6.53. The van der Waals surface area contributed by atoms with Crippen molar-refractivity contribution in [2.75, 3.05) is 12.4 Å². The van der Waals surface area contributed by atoms with E-state index in [0.29, 0.717) is 10.8 Å². The van der Waals surface area contributed by atoms with E-state index in [9.17, 15) is 5.11 Å². The standard InChI is InChI=1S/C12H12ClNO2S/c13-8-1-2-10-11(5-8)14-4-3-12(10)17-7-9(16)6-15/h1-5,9,15-16H,6-7H2. The van der Waals surface area contributed by atoms with Crippen LogP contribution in [0.15, 0.2) is 35.4 Å². The molecule has 0 aliphatic carbocycles. The number of fused-ring (bicyclic) bond motifs is 1. The molecular formula is C12H12ClNO2S. The van der Waals surface area contributed by atoms with E-state index < -0.39 is 6.10 Å². The fraction of sp³-hybridized carbons (Fsp3) is 0.250. The molecule has 2 N–H and O–H groups in total. The van der Waals surface area contributed by atoms with Crippen LogP contribution in [0.3, 0.4) is 0 Å². The number of hydrogen-bond acceptors (Lipinski definition) is 4. The summed E-state index contributed by atoms with van der Waals surface area (Å²) < 4.78 is 0. The molecule has 0 saturated carbocycles. The molecule has 2 aromatic rings. The summed E-state index contributed by atoms with van der Waals surface area (Å²) in [5, 5.41) is 19.8. The normalized spacial score (nSPS) is 12.9. The van der Waals surface area contributed by atoms with Crippen LogP contribution in [0, 0.1) is 0 Å². The highest BCUT2D eigenvalue weighted by Gasteiger charge is 2.06. The Balaban J connectivity index is 2.28. The highest BCUT2D eigenvalue weighted by atomic mass is 35.5. The zero-order valence-corrected chi connectivity index (χ0v) is 10.6. The zero-order chi connectivity index (χ0) is 12.3. The second-order valence-corrected chi connectivity index (χ2v) is 5.12. The number of aliphatic hydroxyl groups is 2. The Morgan fingerprint density at radius 1 is 1.35 bits per heavy atom. The third-order valence-electron chi connectivity index (χ3n) is 2.31. The summed E-state index contributed by atoms with van der Waals surface area (Å²) in [7, 11) is 0. The molecule has 1 aromatic carbocycles. The maximum absolute atomic E-state index is 9.33. The van der Waals surface area contributed by atoms with Gasteiger partial charge in [-0.25, -0.2) is 0 Å². The number of benzene rings is 1. The molecule has 0 aliphatic heterocycles. The van der Waals surface area contributed by atoms with E-state index in [2.05, 4.69) is 4.98 Å². The summed E-state index contributed by atoms with van der Waals surface area (Å²) in [4.78, 5) is 5.27. The summed E-state index contributed by atoms with van der Waals surface area (Å²) in [6.07, 6.45) is 1.02. The monoisotopic (exact) mass is 269 g/mol. The third kappa shape index (κ3) is 3.10. The van der Waals surface area contributed by atoms with Crippen molar-refractivity contribution >= 4 is 34.3 Å². The molecule has 1 heterocycles. The number of thioether (sulfide) groups is 1. The molecule has 0 amide bonds. The van der Waals surface area contributed by atoms with Gasteiger partial charge in [0.25, 0.3) is 0 Å². The fourth-order valence-electron chi connectivity index (χ4n) is 1.46. The number of hydrogen-bond donors (Lipinski definition) is 2. The van der Waals surface area contributed by atoms with E-state index in [1.807, 2.05) is 24.3 Å². The summed E-state index contributed by atoms with van der Waals surface area (Å²) in [5.41, 5.74) is 0.834. The quantitative estimate of drug-likeness (QED) is 0.837. The second kappa shape index (κ2) is 5.69. The Bertz CT molecular complexity index is 521. The number of halogens is 1. The molecule has 0 bridgehead atoms. The van der Waals surface area contributed by atoms with Gasteiger partial charge in [-0.15, -0.1) is 11.8 Å². The van der Waals surface area contributed by atoms with Gasteiger partial charge in [-0.05, 0) is 18.2 Å². The van der Waals surface area contributed by atoms with Gasteiger partial charge < -0.3 is 10.2 Å². The Morgan fingerprint density at radius 2 is 2.18 bits per heavy atom. The van der Waals surface area contributed by atoms with Gasteiger partial charge in [0.1, 0.15) is 0 Å². The highest BCUT2D eigenvalue weighted by Crippen LogP contribution is 2.28. The lowest BCUT2D eigenvalue weighted by Gasteiger charge is -2.08. The minimum atomic E-state index is -0.699. The van der Waals surface area contributed by atoms with Gasteiger partial charge in [0.05, 0.1) is 18.2 Å². The molecular weight excluding hydrogens is 258 g/mol. The molecule has 17 heavy (non-hydrogen) atoms. The van der Waals surface area contributed by atoms with Crippen LogP contribution in [0.25, 0.3) is 10.9 Å². The van der Waals surface area contributed by atoms with Crippen molar-refractivity contribution in [1.82, 2.24) is 4.98 Å². The number of aromatic nitrogens is 1. The third-order valence-corrected chi connectivity index (χ3v) is 3.76. The van der Waals surface area contributed by atoms with E-state index in [1.54, 1.807) is 6.20 Å². The van der Waals surface area contributed by atoms with Crippen LogP contribution < -0.4 is 0 Å². The number of rotatable bonds is 4. The predicted molar refractivity (Wildman–Crippen MR) is 70.6 cm³/mol.